The maximum absolute atomic E-state index is 9.48. The fourth-order valence-corrected chi connectivity index (χ4v) is 0.0900. The van der Waals surface area contributed by atoms with Gasteiger partial charge in [0.25, 0.3) is 0 Å². The predicted octanol–water partition coefficient (Wildman–Crippen LogP) is -4.04. The number of hydrogen-bond acceptors (Lipinski definition) is 3. The van der Waals surface area contributed by atoms with E-state index in [-0.39, 0.29) is 31.0 Å². The Labute approximate surface area is 68.3 Å². The minimum Gasteiger partial charge on any atom is -1.00 e. The number of primary amides is 1. The topological polar surface area (TPSA) is 98.3 Å². The molecule has 0 rings (SSSR count). The molecule has 0 heterocycles. The van der Waals surface area contributed by atoms with E-state index in [0.29, 0.717) is 0 Å². The van der Waals surface area contributed by atoms with Crippen LogP contribution < -0.4 is 40.7 Å². The molecule has 0 aromatic rings. The number of rotatable bonds is 1. The third kappa shape index (κ3) is 9.18. The van der Waals surface area contributed by atoms with Crippen molar-refractivity contribution in [3.8, 4) is 0 Å². The second-order valence-electron chi connectivity index (χ2n) is 0.733. The zero-order chi connectivity index (χ0) is 5.86. The van der Waals surface area contributed by atoms with Crippen LogP contribution in [0.3, 0.4) is 0 Å². The van der Waals surface area contributed by atoms with E-state index in [1.165, 1.54) is 5.43 Å². The molecule has 8 heavy (non-hydrogen) atoms. The maximum Gasteiger partial charge on any atom is 1.00 e. The maximum atomic E-state index is 9.48. The molecular formula is CH4N3NaO3. The Kier molecular flexibility index (Phi) is 6.39. The van der Waals surface area contributed by atoms with Gasteiger partial charge in [-0.1, -0.05) is 5.43 Å². The van der Waals surface area contributed by atoms with Crippen LogP contribution in [0.15, 0.2) is 0 Å². The average molecular weight is 129 g/mol. The number of nitro groups is 1. The predicted molar refractivity (Wildman–Crippen MR) is 20.8 cm³/mol. The van der Waals surface area contributed by atoms with E-state index in [4.69, 9.17) is 0 Å². The van der Waals surface area contributed by atoms with E-state index in [0.717, 1.165) is 0 Å². The monoisotopic (exact) mass is 129 g/mol. The molecule has 7 heteroatoms. The number of carbonyl (C=O) groups is 1. The number of hydrazine groups is 1. The molecule has 0 aromatic heterocycles. The molecule has 0 aliphatic rings. The van der Waals surface area contributed by atoms with Gasteiger partial charge in [0.15, 0.2) is 5.03 Å². The Bertz CT molecular complexity index is 95.2. The van der Waals surface area contributed by atoms with E-state index in [2.05, 4.69) is 5.73 Å². The molecule has 0 aliphatic heterocycles. The van der Waals surface area contributed by atoms with E-state index in [9.17, 15) is 14.9 Å². The molecule has 0 saturated carbocycles. The van der Waals surface area contributed by atoms with Crippen molar-refractivity contribution in [3.05, 3.63) is 10.1 Å². The molecule has 0 bridgehead atoms. The van der Waals surface area contributed by atoms with E-state index in [1.54, 1.807) is 0 Å². The van der Waals surface area contributed by atoms with Gasteiger partial charge in [-0.2, -0.15) is 0 Å². The fourth-order valence-electron chi connectivity index (χ4n) is 0.0900. The molecule has 0 fully saturated rings. The average Bonchev–Trinajstić information content (AvgIpc) is 1.27. The van der Waals surface area contributed by atoms with Crippen LogP contribution in [0.5, 0.6) is 0 Å². The van der Waals surface area contributed by atoms with Gasteiger partial charge >= 0.3 is 35.6 Å². The van der Waals surface area contributed by atoms with Crippen molar-refractivity contribution in [2.75, 3.05) is 0 Å². The van der Waals surface area contributed by atoms with Crippen LogP contribution in [-0.4, -0.2) is 11.1 Å². The summed E-state index contributed by atoms with van der Waals surface area (Å²) in [5.74, 6) is 0. The van der Waals surface area contributed by atoms with Crippen molar-refractivity contribution >= 4 is 6.03 Å². The van der Waals surface area contributed by atoms with Crippen LogP contribution >= 0.6 is 0 Å². The van der Waals surface area contributed by atoms with Crippen molar-refractivity contribution in [2.24, 2.45) is 5.73 Å². The molecule has 3 N–H and O–H groups in total. The number of hydrogen-bond donors (Lipinski definition) is 2. The molecule has 0 saturated heterocycles. The summed E-state index contributed by atoms with van der Waals surface area (Å²) < 4.78 is 0. The first-order valence-corrected chi connectivity index (χ1v) is 1.33. The minimum atomic E-state index is -1.16. The Balaban J connectivity index is -0.000000180. The second-order valence-corrected chi connectivity index (χ2v) is 0.733. The summed E-state index contributed by atoms with van der Waals surface area (Å²) in [4.78, 5) is 18.7. The minimum absolute atomic E-state index is 0. The van der Waals surface area contributed by atoms with E-state index in [1.807, 2.05) is 0 Å². The largest absolute Gasteiger partial charge is 1.00 e. The first kappa shape index (κ1) is 10.6. The van der Waals surface area contributed by atoms with Gasteiger partial charge in [-0.3, -0.25) is 0 Å². The molecule has 6 nitrogen and oxygen atoms in total. The molecular weight excluding hydrogens is 125 g/mol. The summed E-state index contributed by atoms with van der Waals surface area (Å²) in [5.41, 5.74) is 5.47. The molecule has 0 aliphatic carbocycles. The van der Waals surface area contributed by atoms with Gasteiger partial charge < -0.3 is 7.16 Å². The molecule has 42 valence electrons. The van der Waals surface area contributed by atoms with Gasteiger partial charge in [0.05, 0.1) is 0 Å². The molecule has 0 atom stereocenters. The quantitative estimate of drug-likeness (QED) is 0.214. The number of carbonyl (C=O) groups excluding carboxylic acids is 1. The van der Waals surface area contributed by atoms with Crippen LogP contribution in [0.2, 0.25) is 0 Å². The van der Waals surface area contributed by atoms with Crippen LogP contribution in [0.4, 0.5) is 4.79 Å². The summed E-state index contributed by atoms with van der Waals surface area (Å²) >= 11 is 0. The number of nitrogens with two attached hydrogens (primary N) is 1. The van der Waals surface area contributed by atoms with Crippen molar-refractivity contribution < 1.29 is 40.8 Å². The third-order valence-electron chi connectivity index (χ3n) is 0.201. The number of urea groups is 1. The van der Waals surface area contributed by atoms with Crippen LogP contribution in [-0.2, 0) is 0 Å². The van der Waals surface area contributed by atoms with Crippen LogP contribution in [0.25, 0.3) is 0 Å². The normalized spacial score (nSPS) is 6.50. The van der Waals surface area contributed by atoms with Gasteiger partial charge in [0, 0.05) is 0 Å². The molecule has 0 aromatic carbocycles. The van der Waals surface area contributed by atoms with Crippen LogP contribution in [0, 0.1) is 10.1 Å². The zero-order valence-corrected chi connectivity index (χ0v) is 6.25. The summed E-state index contributed by atoms with van der Waals surface area (Å²) in [6.45, 7) is 0. The zero-order valence-electron chi connectivity index (χ0n) is 5.25. The first-order valence-electron chi connectivity index (χ1n) is 1.33. The standard InChI is InChI=1S/CH3N3O3.Na.H/c2-1(5)3-4(6)7;;/h(H3,2,3,5);;/q;+1;-1. The third-order valence-corrected chi connectivity index (χ3v) is 0.201. The van der Waals surface area contributed by atoms with Crippen molar-refractivity contribution in [1.82, 2.24) is 5.43 Å². The Morgan fingerprint density at radius 2 is 2.25 bits per heavy atom. The first-order chi connectivity index (χ1) is 3.13. The summed E-state index contributed by atoms with van der Waals surface area (Å²) in [5, 5.41) is 8.18. The molecule has 0 radical (unpaired) electrons. The number of amides is 2. The van der Waals surface area contributed by atoms with Gasteiger partial charge in [-0.05, 0) is 0 Å². The summed E-state index contributed by atoms with van der Waals surface area (Å²) in [6, 6.07) is -1.16. The smallest absolute Gasteiger partial charge is 1.00 e. The van der Waals surface area contributed by atoms with Gasteiger partial charge in [-0.25, -0.2) is 14.9 Å². The number of nitrogens with zero attached hydrogens (tertiary/aromatic N) is 1. The van der Waals surface area contributed by atoms with Crippen molar-refractivity contribution in [2.45, 2.75) is 0 Å². The molecule has 2 amide bonds. The van der Waals surface area contributed by atoms with E-state index < -0.39 is 11.1 Å². The van der Waals surface area contributed by atoms with Crippen molar-refractivity contribution in [1.29, 1.82) is 0 Å². The van der Waals surface area contributed by atoms with Crippen molar-refractivity contribution in [3.63, 3.8) is 0 Å². The molecule has 0 unspecified atom stereocenters. The summed E-state index contributed by atoms with van der Waals surface area (Å²) in [7, 11) is 0. The Hall–Kier alpha value is -0.330. The summed E-state index contributed by atoms with van der Waals surface area (Å²) in [6.07, 6.45) is 0. The number of nitrogens with one attached hydrogen (secondary N) is 1. The van der Waals surface area contributed by atoms with Gasteiger partial charge in [0.1, 0.15) is 0 Å². The SMILES string of the molecule is NC(=O)N[N+](=O)[O-].[H-].[Na+]. The fraction of sp³-hybridized carbons (Fsp3) is 0. The van der Waals surface area contributed by atoms with Gasteiger partial charge in [0.2, 0.25) is 0 Å². The van der Waals surface area contributed by atoms with Gasteiger partial charge in [-0.15, -0.1) is 0 Å². The molecule has 0 spiro atoms. The van der Waals surface area contributed by atoms with E-state index >= 15 is 0 Å². The second kappa shape index (κ2) is 4.82. The van der Waals surface area contributed by atoms with Crippen LogP contribution in [0.1, 0.15) is 1.43 Å². The Morgan fingerprint density at radius 3 is 2.25 bits per heavy atom. The Morgan fingerprint density at radius 1 is 1.88 bits per heavy atom.